The number of imidazole rings is 1. The molecule has 3 amide bonds. The molecule has 374 valence electrons. The zero-order chi connectivity index (χ0) is 50.8. The predicted molar refractivity (Wildman–Crippen MR) is 264 cm³/mol. The van der Waals surface area contributed by atoms with E-state index < -0.39 is 11.8 Å². The second kappa shape index (κ2) is 23.2. The number of hydrogen-bond donors (Lipinski definition) is 3. The van der Waals surface area contributed by atoms with E-state index >= 15 is 0 Å². The number of ether oxygens (including phenoxy) is 4. The number of allylic oxidation sites excluding steroid dienone is 2. The fourth-order valence-corrected chi connectivity index (χ4v) is 8.49. The molecule has 0 aliphatic rings. The van der Waals surface area contributed by atoms with Crippen molar-refractivity contribution in [2.24, 2.45) is 11.5 Å². The van der Waals surface area contributed by atoms with E-state index in [1.807, 2.05) is 59.7 Å². The topological polar surface area (TPSA) is 271 Å². The normalized spacial score (nSPS) is 11.6. The van der Waals surface area contributed by atoms with E-state index in [4.69, 9.17) is 40.6 Å². The summed E-state index contributed by atoms with van der Waals surface area (Å²) < 4.78 is 29.8. The van der Waals surface area contributed by atoms with Crippen molar-refractivity contribution in [2.45, 2.75) is 92.6 Å². The Kier molecular flexibility index (Phi) is 16.7. The molecule has 5 heterocycles. The molecule has 0 spiro atoms. The summed E-state index contributed by atoms with van der Waals surface area (Å²) in [5, 5.41) is 13.2. The number of aromatic nitrogens is 9. The van der Waals surface area contributed by atoms with Crippen molar-refractivity contribution in [3.8, 4) is 17.3 Å². The number of carbonyl (C=O) groups is 5. The Morgan fingerprint density at radius 2 is 1.48 bits per heavy atom. The van der Waals surface area contributed by atoms with Crippen molar-refractivity contribution in [3.63, 3.8) is 0 Å². The predicted octanol–water partition coefficient (Wildman–Crippen LogP) is 4.92. The van der Waals surface area contributed by atoms with Crippen LogP contribution in [0.25, 0.3) is 44.5 Å². The molecule has 0 fully saturated rings. The van der Waals surface area contributed by atoms with Crippen LogP contribution in [0.3, 0.4) is 0 Å². The van der Waals surface area contributed by atoms with Crippen molar-refractivity contribution < 1.29 is 42.9 Å². The van der Waals surface area contributed by atoms with Gasteiger partial charge in [0.1, 0.15) is 28.6 Å². The largest absolute Gasteiger partial charge is 0.491 e. The molecule has 21 heteroatoms. The molecule has 7 rings (SSSR count). The van der Waals surface area contributed by atoms with Gasteiger partial charge in [0.2, 0.25) is 17.7 Å². The molecule has 0 bridgehead atoms. The number of amides is 3. The van der Waals surface area contributed by atoms with Crippen LogP contribution in [0.15, 0.2) is 54.7 Å². The Labute approximate surface area is 409 Å². The Bertz CT molecular complexity index is 3140. The molecule has 0 aliphatic heterocycles. The lowest BCUT2D eigenvalue weighted by atomic mass is 10.1. The zero-order valence-electron chi connectivity index (χ0n) is 40.9. The number of rotatable bonds is 26. The Hall–Kier alpha value is -7.78. The maximum atomic E-state index is 14.1. The Morgan fingerprint density at radius 1 is 0.761 bits per heavy atom. The van der Waals surface area contributed by atoms with Gasteiger partial charge in [-0.1, -0.05) is 12.2 Å². The van der Waals surface area contributed by atoms with E-state index in [9.17, 15) is 24.0 Å². The molecular formula is C50H60N12O9. The smallest absolute Gasteiger partial charge is 0.305 e. The van der Waals surface area contributed by atoms with Gasteiger partial charge in [-0.25, -0.2) is 15.0 Å². The van der Waals surface area contributed by atoms with Gasteiger partial charge in [-0.2, -0.15) is 10.2 Å². The van der Waals surface area contributed by atoms with E-state index in [-0.39, 0.29) is 80.9 Å². The van der Waals surface area contributed by atoms with Gasteiger partial charge in [-0.15, -0.1) is 0 Å². The van der Waals surface area contributed by atoms with Crippen LogP contribution >= 0.6 is 0 Å². The lowest BCUT2D eigenvalue weighted by Gasteiger charge is -2.13. The van der Waals surface area contributed by atoms with Crippen LogP contribution in [-0.4, -0.2) is 114 Å². The van der Waals surface area contributed by atoms with Crippen LogP contribution in [0.1, 0.15) is 93.5 Å². The highest BCUT2D eigenvalue weighted by Crippen LogP contribution is 2.37. The molecule has 5 aromatic heterocycles. The van der Waals surface area contributed by atoms with Crippen LogP contribution in [0, 0.1) is 13.8 Å². The zero-order valence-corrected chi connectivity index (χ0v) is 40.9. The molecule has 21 nitrogen and oxygen atoms in total. The number of aryl methyl sites for hydroxylation is 4. The van der Waals surface area contributed by atoms with Crippen molar-refractivity contribution in [2.75, 3.05) is 40.6 Å². The Balaban J connectivity index is 1.27. The van der Waals surface area contributed by atoms with Crippen LogP contribution in [0.5, 0.6) is 5.75 Å². The maximum Gasteiger partial charge on any atom is 0.305 e. The van der Waals surface area contributed by atoms with Gasteiger partial charge in [0.25, 0.3) is 0 Å². The summed E-state index contributed by atoms with van der Waals surface area (Å²) >= 11 is 0. The van der Waals surface area contributed by atoms with E-state index in [1.54, 1.807) is 48.3 Å². The number of nitrogens with zero attached hydrogens (tertiary/aromatic N) is 9. The molecule has 71 heavy (non-hydrogen) atoms. The molecule has 0 atom stereocenters. The number of carbonyl (C=O) groups excluding carboxylic acids is 5. The monoisotopic (exact) mass is 972 g/mol. The van der Waals surface area contributed by atoms with Crippen LogP contribution < -0.4 is 21.5 Å². The van der Waals surface area contributed by atoms with Crippen LogP contribution in [0.2, 0.25) is 0 Å². The number of primary amides is 2. The standard InChI is InChI=1S/C50H60N12O9/c1-7-61-38(21-30(3)57-61)40(63)27-42-55-37-25-32(47(51)66)23-34(29-70-20-15-53-43(64)13-11-14-44(65)69-6)45(37)59(42)16-9-10-17-60-46-35(24-33(48(52)67)26-41(46)71-19-12-18-68-5)36-28-54-49(56-50(36)60)39-22-31(4)58-62(39)8-2/h9-10,21-26,28H,7-8,11-20,27,29H2,1-6H3,(H2,51,66)(H2,52,67)(H,53,64)/b10-9+. The number of nitrogens with two attached hydrogens (primary N) is 2. The first kappa shape index (κ1) is 51.1. The number of Topliss-reactive ketones (excluding diaryl/α,β-unsaturated/α-hetero) is 1. The summed E-state index contributed by atoms with van der Waals surface area (Å²) in [6, 6.07) is 10.3. The van der Waals surface area contributed by atoms with Gasteiger partial charge in [-0.3, -0.25) is 33.3 Å². The highest BCUT2D eigenvalue weighted by atomic mass is 16.5. The summed E-state index contributed by atoms with van der Waals surface area (Å²) in [5.74, 6) is -0.766. The first-order valence-electron chi connectivity index (χ1n) is 23.5. The third-order valence-electron chi connectivity index (χ3n) is 11.8. The molecule has 0 saturated heterocycles. The first-order chi connectivity index (χ1) is 34.2. The number of esters is 1. The van der Waals surface area contributed by atoms with Crippen molar-refractivity contribution >= 4 is 62.4 Å². The summed E-state index contributed by atoms with van der Waals surface area (Å²) in [7, 11) is 2.92. The average molecular weight is 973 g/mol. The minimum absolute atomic E-state index is 0.0146. The summed E-state index contributed by atoms with van der Waals surface area (Å²) in [6.45, 7) is 10.4. The van der Waals surface area contributed by atoms with E-state index in [2.05, 4.69) is 20.3 Å². The number of methoxy groups -OCH3 is 2. The van der Waals surface area contributed by atoms with Crippen LogP contribution in [0.4, 0.5) is 0 Å². The van der Waals surface area contributed by atoms with Crippen LogP contribution in [-0.2, 0) is 63.0 Å². The van der Waals surface area contributed by atoms with Gasteiger partial charge in [0, 0.05) is 99.4 Å². The van der Waals surface area contributed by atoms with Crippen molar-refractivity contribution in [1.29, 1.82) is 0 Å². The number of fused-ring (bicyclic) bond motifs is 4. The van der Waals surface area contributed by atoms with Gasteiger partial charge in [-0.05, 0) is 70.5 Å². The van der Waals surface area contributed by atoms with Crippen molar-refractivity contribution in [3.05, 3.63) is 94.3 Å². The average Bonchev–Trinajstić information content (AvgIpc) is 4.12. The second-order valence-corrected chi connectivity index (χ2v) is 16.9. The van der Waals surface area contributed by atoms with Gasteiger partial charge < -0.3 is 44.9 Å². The number of nitrogens with one attached hydrogen (secondary N) is 1. The molecule has 0 aliphatic carbocycles. The summed E-state index contributed by atoms with van der Waals surface area (Å²) in [5.41, 5.74) is 17.8. The quantitative estimate of drug-likeness (QED) is 0.0281. The number of hydrogen-bond acceptors (Lipinski definition) is 14. The third-order valence-corrected chi connectivity index (χ3v) is 11.8. The first-order valence-corrected chi connectivity index (χ1v) is 23.5. The second-order valence-electron chi connectivity index (χ2n) is 16.9. The highest BCUT2D eigenvalue weighted by Gasteiger charge is 2.24. The van der Waals surface area contributed by atoms with E-state index in [0.717, 1.165) is 11.4 Å². The maximum absolute atomic E-state index is 14.1. The molecule has 0 unspecified atom stereocenters. The van der Waals surface area contributed by atoms with E-state index in [0.29, 0.717) is 106 Å². The van der Waals surface area contributed by atoms with Gasteiger partial charge >= 0.3 is 5.97 Å². The SMILES string of the molecule is CCn1nc(C)cc1C(=O)Cc1nc2cc(C(N)=O)cc(COCCNC(=O)CCCC(=O)OC)c2n1C/C=C/Cn1c2nc(-c3cc(C)nn3CC)ncc2c2cc(C(N)=O)cc(OCCCOC)c21. The molecule has 7 aromatic rings. The highest BCUT2D eigenvalue weighted by molar-refractivity contribution is 6.12. The number of ketones is 1. The lowest BCUT2D eigenvalue weighted by molar-refractivity contribution is -0.140. The van der Waals surface area contributed by atoms with Gasteiger partial charge in [0.05, 0.1) is 61.3 Å². The summed E-state index contributed by atoms with van der Waals surface area (Å²) in [4.78, 5) is 78.1. The fraction of sp³-hybridized carbons (Fsp3) is 0.400. The van der Waals surface area contributed by atoms with Gasteiger partial charge in [0.15, 0.2) is 11.6 Å². The molecule has 0 radical (unpaired) electrons. The molecule has 5 N–H and O–H groups in total. The third kappa shape index (κ3) is 11.8. The Morgan fingerprint density at radius 3 is 2.20 bits per heavy atom. The molecule has 2 aromatic carbocycles. The van der Waals surface area contributed by atoms with E-state index in [1.165, 1.54) is 7.11 Å². The minimum atomic E-state index is -0.667. The molecular weight excluding hydrogens is 913 g/mol. The fourth-order valence-electron chi connectivity index (χ4n) is 8.49. The summed E-state index contributed by atoms with van der Waals surface area (Å²) in [6.07, 6.45) is 6.80. The lowest BCUT2D eigenvalue weighted by Crippen LogP contribution is -2.27. The molecule has 0 saturated carbocycles. The minimum Gasteiger partial charge on any atom is -0.491 e. The number of benzene rings is 2. The van der Waals surface area contributed by atoms with Crippen molar-refractivity contribution in [1.82, 2.24) is 49.0 Å².